The number of hydrogen-bond donors (Lipinski definition) is 1. The number of benzene rings is 1. The first-order chi connectivity index (χ1) is 10.2. The van der Waals surface area contributed by atoms with Gasteiger partial charge < -0.3 is 9.88 Å². The molecule has 0 aliphatic carbocycles. The molecule has 4 nitrogen and oxygen atoms in total. The van der Waals surface area contributed by atoms with Gasteiger partial charge in [-0.05, 0) is 25.5 Å². The van der Waals surface area contributed by atoms with E-state index in [1.54, 1.807) is 6.33 Å². The third-order valence-electron chi connectivity index (χ3n) is 3.74. The molecule has 0 aliphatic heterocycles. The predicted molar refractivity (Wildman–Crippen MR) is 88.3 cm³/mol. The Morgan fingerprint density at radius 3 is 2.81 bits per heavy atom. The molecule has 1 N–H and O–H groups in total. The maximum absolute atomic E-state index is 4.16. The van der Waals surface area contributed by atoms with Gasteiger partial charge in [0.2, 0.25) is 0 Å². The van der Waals surface area contributed by atoms with Crippen LogP contribution in [0, 0.1) is 0 Å². The van der Waals surface area contributed by atoms with Crippen LogP contribution in [0.4, 0.5) is 5.69 Å². The Kier molecular flexibility index (Phi) is 5.78. The second-order valence-electron chi connectivity index (χ2n) is 5.74. The van der Waals surface area contributed by atoms with E-state index in [1.807, 2.05) is 11.6 Å². The minimum absolute atomic E-state index is 0.497. The van der Waals surface area contributed by atoms with Crippen LogP contribution >= 0.6 is 0 Å². The van der Waals surface area contributed by atoms with Gasteiger partial charge in [0, 0.05) is 24.3 Å². The summed E-state index contributed by atoms with van der Waals surface area (Å²) in [5.41, 5.74) is 2.25. The summed E-state index contributed by atoms with van der Waals surface area (Å²) in [6.07, 6.45) is 8.21. The molecule has 0 spiro atoms. The molecule has 114 valence electrons. The van der Waals surface area contributed by atoms with Gasteiger partial charge in [-0.3, -0.25) is 0 Å². The van der Waals surface area contributed by atoms with Gasteiger partial charge in [0.15, 0.2) is 5.82 Å². The van der Waals surface area contributed by atoms with E-state index in [1.165, 1.54) is 32.1 Å². The molecule has 1 aromatic carbocycles. The van der Waals surface area contributed by atoms with Gasteiger partial charge in [-0.1, -0.05) is 44.7 Å². The Hall–Kier alpha value is -1.84. The first-order valence-corrected chi connectivity index (χ1v) is 7.91. The van der Waals surface area contributed by atoms with Gasteiger partial charge in [0.1, 0.15) is 6.33 Å². The van der Waals surface area contributed by atoms with Crippen molar-refractivity contribution in [1.29, 1.82) is 0 Å². The molecule has 0 radical (unpaired) electrons. The van der Waals surface area contributed by atoms with Crippen molar-refractivity contribution in [3.8, 4) is 11.4 Å². The average Bonchev–Trinajstić information content (AvgIpc) is 2.90. The van der Waals surface area contributed by atoms with Crippen molar-refractivity contribution < 1.29 is 0 Å². The van der Waals surface area contributed by atoms with Crippen molar-refractivity contribution in [2.24, 2.45) is 7.05 Å². The van der Waals surface area contributed by atoms with Crippen LogP contribution in [-0.4, -0.2) is 20.8 Å². The Morgan fingerprint density at radius 1 is 1.24 bits per heavy atom. The second kappa shape index (κ2) is 7.81. The Labute approximate surface area is 127 Å². The number of hydrogen-bond acceptors (Lipinski definition) is 3. The zero-order valence-electron chi connectivity index (χ0n) is 13.3. The summed E-state index contributed by atoms with van der Waals surface area (Å²) < 4.78 is 1.94. The largest absolute Gasteiger partial charge is 0.383 e. The lowest BCUT2D eigenvalue weighted by Gasteiger charge is -2.15. The van der Waals surface area contributed by atoms with Gasteiger partial charge in [-0.2, -0.15) is 0 Å². The predicted octanol–water partition coefficient (Wildman–Crippen LogP) is 4.25. The second-order valence-corrected chi connectivity index (χ2v) is 5.74. The first kappa shape index (κ1) is 15.5. The van der Waals surface area contributed by atoms with Crippen molar-refractivity contribution in [2.45, 2.75) is 52.0 Å². The van der Waals surface area contributed by atoms with Crippen LogP contribution in [0.1, 0.15) is 46.0 Å². The van der Waals surface area contributed by atoms with Crippen LogP contribution in [0.5, 0.6) is 0 Å². The van der Waals surface area contributed by atoms with Gasteiger partial charge in [-0.15, -0.1) is 10.2 Å². The SMILES string of the molecule is CCCCCCC(C)Nc1cccc(-c2nncn2C)c1. The fourth-order valence-electron chi connectivity index (χ4n) is 2.53. The molecule has 2 rings (SSSR count). The standard InChI is InChI=1S/C17H26N4/c1-4-5-6-7-9-14(2)19-16-11-8-10-15(12-16)17-20-18-13-21(17)3/h8,10-14,19H,4-7,9H2,1-3H3. The molecule has 0 bridgehead atoms. The zero-order valence-corrected chi connectivity index (χ0v) is 13.3. The maximum Gasteiger partial charge on any atom is 0.163 e. The molecule has 0 saturated carbocycles. The normalized spacial score (nSPS) is 12.3. The highest BCUT2D eigenvalue weighted by molar-refractivity contribution is 5.62. The minimum atomic E-state index is 0.497. The lowest BCUT2D eigenvalue weighted by Crippen LogP contribution is -2.14. The number of aromatic nitrogens is 3. The lowest BCUT2D eigenvalue weighted by atomic mass is 10.1. The highest BCUT2D eigenvalue weighted by Crippen LogP contribution is 2.21. The third-order valence-corrected chi connectivity index (χ3v) is 3.74. The number of rotatable bonds is 8. The van der Waals surface area contributed by atoms with Crippen LogP contribution in [-0.2, 0) is 7.05 Å². The summed E-state index contributed by atoms with van der Waals surface area (Å²) in [4.78, 5) is 0. The fourth-order valence-corrected chi connectivity index (χ4v) is 2.53. The molecule has 0 aliphatic rings. The van der Waals surface area contributed by atoms with Crippen LogP contribution in [0.3, 0.4) is 0 Å². The zero-order chi connectivity index (χ0) is 15.1. The molecule has 2 aromatic rings. The number of aryl methyl sites for hydroxylation is 1. The molecular formula is C17H26N4. The van der Waals surface area contributed by atoms with Crippen molar-refractivity contribution >= 4 is 5.69 Å². The molecule has 0 saturated heterocycles. The van der Waals surface area contributed by atoms with E-state index in [2.05, 4.69) is 53.6 Å². The molecule has 21 heavy (non-hydrogen) atoms. The van der Waals surface area contributed by atoms with Crippen molar-refractivity contribution in [1.82, 2.24) is 14.8 Å². The summed E-state index contributed by atoms with van der Waals surface area (Å²) in [5, 5.41) is 11.7. The smallest absolute Gasteiger partial charge is 0.163 e. The summed E-state index contributed by atoms with van der Waals surface area (Å²) in [6, 6.07) is 8.89. The number of unbranched alkanes of at least 4 members (excludes halogenated alkanes) is 3. The van der Waals surface area contributed by atoms with Crippen molar-refractivity contribution in [3.63, 3.8) is 0 Å². The Morgan fingerprint density at radius 2 is 2.10 bits per heavy atom. The van der Waals surface area contributed by atoms with Crippen LogP contribution in [0.15, 0.2) is 30.6 Å². The summed E-state index contributed by atoms with van der Waals surface area (Å²) >= 11 is 0. The van der Waals surface area contributed by atoms with E-state index < -0.39 is 0 Å². The van der Waals surface area contributed by atoms with E-state index in [-0.39, 0.29) is 0 Å². The summed E-state index contributed by atoms with van der Waals surface area (Å²) in [5.74, 6) is 0.897. The topological polar surface area (TPSA) is 42.7 Å². The van der Waals surface area contributed by atoms with E-state index >= 15 is 0 Å². The molecule has 1 atom stereocenters. The summed E-state index contributed by atoms with van der Waals surface area (Å²) in [7, 11) is 1.96. The molecule has 1 heterocycles. The fraction of sp³-hybridized carbons (Fsp3) is 0.529. The highest BCUT2D eigenvalue weighted by Gasteiger charge is 2.07. The van der Waals surface area contributed by atoms with Crippen LogP contribution < -0.4 is 5.32 Å². The molecular weight excluding hydrogens is 260 g/mol. The van der Waals surface area contributed by atoms with E-state index in [0.29, 0.717) is 6.04 Å². The van der Waals surface area contributed by atoms with Crippen molar-refractivity contribution in [3.05, 3.63) is 30.6 Å². The highest BCUT2D eigenvalue weighted by atomic mass is 15.2. The Balaban J connectivity index is 1.94. The van der Waals surface area contributed by atoms with Crippen molar-refractivity contribution in [2.75, 3.05) is 5.32 Å². The maximum atomic E-state index is 4.16. The summed E-state index contributed by atoms with van der Waals surface area (Å²) in [6.45, 7) is 4.50. The van der Waals surface area contributed by atoms with Crippen LogP contribution in [0.25, 0.3) is 11.4 Å². The molecule has 1 aromatic heterocycles. The number of nitrogens with one attached hydrogen (secondary N) is 1. The first-order valence-electron chi connectivity index (χ1n) is 7.91. The van der Waals surface area contributed by atoms with E-state index in [0.717, 1.165) is 17.1 Å². The Bertz CT molecular complexity index is 547. The monoisotopic (exact) mass is 286 g/mol. The quantitative estimate of drug-likeness (QED) is 0.738. The van der Waals surface area contributed by atoms with Gasteiger partial charge in [-0.25, -0.2) is 0 Å². The third kappa shape index (κ3) is 4.59. The molecule has 0 fully saturated rings. The molecule has 1 unspecified atom stereocenters. The average molecular weight is 286 g/mol. The van der Waals surface area contributed by atoms with Gasteiger partial charge >= 0.3 is 0 Å². The van der Waals surface area contributed by atoms with Gasteiger partial charge in [0.25, 0.3) is 0 Å². The van der Waals surface area contributed by atoms with Gasteiger partial charge in [0.05, 0.1) is 0 Å². The molecule has 4 heteroatoms. The lowest BCUT2D eigenvalue weighted by molar-refractivity contribution is 0.594. The molecule has 0 amide bonds. The minimum Gasteiger partial charge on any atom is -0.383 e. The van der Waals surface area contributed by atoms with E-state index in [9.17, 15) is 0 Å². The number of nitrogens with zero attached hydrogens (tertiary/aromatic N) is 3. The van der Waals surface area contributed by atoms with E-state index in [4.69, 9.17) is 0 Å². The number of anilines is 1. The van der Waals surface area contributed by atoms with Crippen LogP contribution in [0.2, 0.25) is 0 Å².